The lowest BCUT2D eigenvalue weighted by atomic mass is 10.2. The summed E-state index contributed by atoms with van der Waals surface area (Å²) in [6.07, 6.45) is 1.73. The van der Waals surface area contributed by atoms with Gasteiger partial charge < -0.3 is 0 Å². The summed E-state index contributed by atoms with van der Waals surface area (Å²) in [4.78, 5) is 0.0183. The van der Waals surface area contributed by atoms with Gasteiger partial charge in [0, 0.05) is 0 Å². The number of hydrogen-bond donors (Lipinski definition) is 1. The van der Waals surface area contributed by atoms with Crippen LogP contribution in [-0.2, 0) is 10.0 Å². The van der Waals surface area contributed by atoms with E-state index in [9.17, 15) is 12.8 Å². The number of aryl methyl sites for hydroxylation is 1. The molecule has 2 rings (SSSR count). The minimum atomic E-state index is -3.76. The molecule has 0 aliphatic heterocycles. The Morgan fingerprint density at radius 2 is 2.17 bits per heavy atom. The first kappa shape index (κ1) is 13.0. The van der Waals surface area contributed by atoms with Crippen molar-refractivity contribution in [3.63, 3.8) is 0 Å². The Morgan fingerprint density at radius 1 is 1.50 bits per heavy atom. The number of benzene rings is 1. The van der Waals surface area contributed by atoms with Crippen LogP contribution in [0.4, 0.5) is 4.39 Å². The molecule has 0 amide bonds. The maximum absolute atomic E-state index is 12.9. The van der Waals surface area contributed by atoms with Gasteiger partial charge >= 0.3 is 0 Å². The van der Waals surface area contributed by atoms with Crippen LogP contribution in [0.25, 0.3) is 0 Å². The average Bonchev–Trinajstić information content (AvgIpc) is 3.09. The van der Waals surface area contributed by atoms with Crippen LogP contribution in [0.2, 0.25) is 0 Å². The third-order valence-corrected chi connectivity index (χ3v) is 4.54. The Hall–Kier alpha value is -1.45. The van der Waals surface area contributed by atoms with E-state index in [1.54, 1.807) is 0 Å². The zero-order valence-corrected chi connectivity index (χ0v) is 10.7. The number of nitrogens with zero attached hydrogens (tertiary/aromatic N) is 1. The fourth-order valence-electron chi connectivity index (χ4n) is 1.80. The summed E-state index contributed by atoms with van der Waals surface area (Å²) in [5.41, 5.74) is 0.329. The molecule has 1 aliphatic carbocycles. The Morgan fingerprint density at radius 3 is 2.67 bits per heavy atom. The molecule has 0 heterocycles. The van der Waals surface area contributed by atoms with Gasteiger partial charge in [-0.25, -0.2) is 12.8 Å². The molecule has 1 aliphatic rings. The van der Waals surface area contributed by atoms with Gasteiger partial charge in [0.05, 0.1) is 11.0 Å². The van der Waals surface area contributed by atoms with Gasteiger partial charge in [0.25, 0.3) is 0 Å². The number of nitrogens with one attached hydrogen (secondary N) is 1. The molecule has 0 aromatic heterocycles. The van der Waals surface area contributed by atoms with Gasteiger partial charge in [0.15, 0.2) is 0 Å². The van der Waals surface area contributed by atoms with E-state index >= 15 is 0 Å². The Kier molecular flexibility index (Phi) is 3.37. The van der Waals surface area contributed by atoms with E-state index in [2.05, 4.69) is 4.72 Å². The quantitative estimate of drug-likeness (QED) is 0.903. The van der Waals surface area contributed by atoms with Crippen molar-refractivity contribution in [1.29, 1.82) is 5.26 Å². The largest absolute Gasteiger partial charge is 0.242 e. The first-order valence-corrected chi connectivity index (χ1v) is 7.10. The maximum atomic E-state index is 12.9. The SMILES string of the molecule is Cc1cc(F)ccc1S(=O)(=O)NC(C#N)C1CC1. The zero-order chi connectivity index (χ0) is 13.3. The molecular weight excluding hydrogens is 255 g/mol. The minimum Gasteiger partial charge on any atom is -0.207 e. The van der Waals surface area contributed by atoms with Crippen LogP contribution in [-0.4, -0.2) is 14.5 Å². The third-order valence-electron chi connectivity index (χ3n) is 2.94. The van der Waals surface area contributed by atoms with Crippen LogP contribution < -0.4 is 4.72 Å². The molecule has 1 saturated carbocycles. The highest BCUT2D eigenvalue weighted by atomic mass is 32.2. The van der Waals surface area contributed by atoms with Crippen molar-refractivity contribution in [2.24, 2.45) is 5.92 Å². The van der Waals surface area contributed by atoms with Crippen LogP contribution in [0, 0.1) is 30.0 Å². The lowest BCUT2D eigenvalue weighted by molar-refractivity contribution is 0.559. The highest BCUT2D eigenvalue weighted by Gasteiger charge is 2.34. The van der Waals surface area contributed by atoms with Gasteiger partial charge in [-0.1, -0.05) is 0 Å². The van der Waals surface area contributed by atoms with Crippen molar-refractivity contribution in [1.82, 2.24) is 4.72 Å². The minimum absolute atomic E-state index is 0.0183. The van der Waals surface area contributed by atoms with Crippen LogP contribution in [0.5, 0.6) is 0 Å². The molecule has 96 valence electrons. The molecule has 1 fully saturated rings. The van der Waals surface area contributed by atoms with E-state index in [4.69, 9.17) is 5.26 Å². The van der Waals surface area contributed by atoms with E-state index in [-0.39, 0.29) is 10.8 Å². The second-order valence-corrected chi connectivity index (χ2v) is 6.16. The van der Waals surface area contributed by atoms with Gasteiger partial charge in [-0.15, -0.1) is 0 Å². The van der Waals surface area contributed by atoms with Gasteiger partial charge in [-0.2, -0.15) is 9.98 Å². The predicted molar refractivity (Wildman–Crippen MR) is 63.6 cm³/mol. The van der Waals surface area contributed by atoms with E-state index in [0.717, 1.165) is 25.0 Å². The zero-order valence-electron chi connectivity index (χ0n) is 9.85. The Balaban J connectivity index is 2.27. The number of halogens is 1. The highest BCUT2D eigenvalue weighted by Crippen LogP contribution is 2.33. The van der Waals surface area contributed by atoms with E-state index in [1.165, 1.54) is 13.0 Å². The standard InChI is InChI=1S/C12H13FN2O2S/c1-8-6-10(13)4-5-12(8)18(16,17)15-11(7-14)9-2-3-9/h4-6,9,11,15H,2-3H2,1H3. The molecule has 6 heteroatoms. The molecule has 1 aromatic carbocycles. The van der Waals surface area contributed by atoms with Crippen molar-refractivity contribution >= 4 is 10.0 Å². The topological polar surface area (TPSA) is 70.0 Å². The average molecular weight is 268 g/mol. The number of rotatable bonds is 4. The van der Waals surface area contributed by atoms with E-state index < -0.39 is 21.9 Å². The van der Waals surface area contributed by atoms with Crippen molar-refractivity contribution in [2.45, 2.75) is 30.7 Å². The van der Waals surface area contributed by atoms with Crippen LogP contribution >= 0.6 is 0 Å². The first-order valence-electron chi connectivity index (χ1n) is 5.62. The van der Waals surface area contributed by atoms with Crippen molar-refractivity contribution < 1.29 is 12.8 Å². The Bertz CT molecular complexity index is 603. The second-order valence-electron chi connectivity index (χ2n) is 4.48. The van der Waals surface area contributed by atoms with Gasteiger partial charge in [-0.3, -0.25) is 0 Å². The fourth-order valence-corrected chi connectivity index (χ4v) is 3.24. The predicted octanol–water partition coefficient (Wildman–Crippen LogP) is 1.71. The third kappa shape index (κ3) is 2.68. The summed E-state index contributed by atoms with van der Waals surface area (Å²) in [5, 5.41) is 8.92. The van der Waals surface area contributed by atoms with Crippen LogP contribution in [0.1, 0.15) is 18.4 Å². The molecule has 1 unspecified atom stereocenters. The highest BCUT2D eigenvalue weighted by molar-refractivity contribution is 7.89. The summed E-state index contributed by atoms with van der Waals surface area (Å²) < 4.78 is 39.5. The maximum Gasteiger partial charge on any atom is 0.242 e. The molecule has 4 nitrogen and oxygen atoms in total. The molecular formula is C12H13FN2O2S. The summed E-state index contributed by atoms with van der Waals surface area (Å²) in [6.45, 7) is 1.52. The van der Waals surface area contributed by atoms with E-state index in [1.807, 2.05) is 6.07 Å². The molecule has 0 radical (unpaired) electrons. The van der Waals surface area contributed by atoms with Crippen LogP contribution in [0.3, 0.4) is 0 Å². The van der Waals surface area contributed by atoms with Gasteiger partial charge in [-0.05, 0) is 49.4 Å². The molecule has 1 N–H and O–H groups in total. The summed E-state index contributed by atoms with van der Waals surface area (Å²) in [7, 11) is -3.76. The monoisotopic (exact) mass is 268 g/mol. The van der Waals surface area contributed by atoms with Crippen LogP contribution in [0.15, 0.2) is 23.1 Å². The summed E-state index contributed by atoms with van der Waals surface area (Å²) in [6, 6.07) is 4.74. The number of hydrogen-bond acceptors (Lipinski definition) is 3. The number of sulfonamides is 1. The van der Waals surface area contributed by atoms with E-state index in [0.29, 0.717) is 5.56 Å². The molecule has 1 aromatic rings. The molecule has 18 heavy (non-hydrogen) atoms. The fraction of sp³-hybridized carbons (Fsp3) is 0.417. The smallest absolute Gasteiger partial charge is 0.207 e. The first-order chi connectivity index (χ1) is 8.44. The Labute approximate surface area is 105 Å². The van der Waals surface area contributed by atoms with Crippen molar-refractivity contribution in [3.05, 3.63) is 29.6 Å². The van der Waals surface area contributed by atoms with Gasteiger partial charge in [0.1, 0.15) is 11.9 Å². The van der Waals surface area contributed by atoms with Crippen molar-refractivity contribution in [3.8, 4) is 6.07 Å². The summed E-state index contributed by atoms with van der Waals surface area (Å²) >= 11 is 0. The normalized spacial score (nSPS) is 17.2. The lowest BCUT2D eigenvalue weighted by Gasteiger charge is -2.12. The number of nitriles is 1. The molecule has 0 saturated heterocycles. The molecule has 0 spiro atoms. The lowest BCUT2D eigenvalue weighted by Crippen LogP contribution is -2.35. The van der Waals surface area contributed by atoms with Crippen molar-refractivity contribution in [2.75, 3.05) is 0 Å². The molecule has 1 atom stereocenters. The summed E-state index contributed by atoms with van der Waals surface area (Å²) in [5.74, 6) is -0.379. The molecule has 0 bridgehead atoms. The van der Waals surface area contributed by atoms with Gasteiger partial charge in [0.2, 0.25) is 10.0 Å². The second kappa shape index (κ2) is 4.67.